The van der Waals surface area contributed by atoms with Crippen LogP contribution >= 0.6 is 0 Å². The van der Waals surface area contributed by atoms with Gasteiger partial charge < -0.3 is 84.7 Å². The first-order valence-corrected chi connectivity index (χ1v) is 23.7. The van der Waals surface area contributed by atoms with Crippen molar-refractivity contribution in [1.82, 2.24) is 21.3 Å². The fourth-order valence-corrected chi connectivity index (χ4v) is 5.34. The SMILES string of the molecule is C=C(C)C(=O)CCC(O)COCCCCOCC(O)CNC(=O)C(=C)C.C=CC(=O)NCOCC(O)CCOCC(CC)(COCCC(CO)OCNC(=O)C=C)COCCC(CO)OCNC(=O)C=C. The largest absolute Gasteiger partial charge is 0.394 e. The van der Waals surface area contributed by atoms with E-state index in [-0.39, 0.29) is 135 Å². The maximum atomic E-state index is 11.4. The van der Waals surface area contributed by atoms with E-state index < -0.39 is 35.9 Å². The minimum absolute atomic E-state index is 0.0165. The van der Waals surface area contributed by atoms with E-state index in [1.165, 1.54) is 0 Å². The molecule has 0 fully saturated rings. The van der Waals surface area contributed by atoms with Gasteiger partial charge in [0.25, 0.3) is 0 Å². The summed E-state index contributed by atoms with van der Waals surface area (Å²) in [5.74, 6) is -1.47. The third kappa shape index (κ3) is 41.0. The van der Waals surface area contributed by atoms with Gasteiger partial charge in [0.15, 0.2) is 5.78 Å². The number of ketones is 1. The fraction of sp³-hybridized carbons (Fsp3) is 0.694. The zero-order valence-electron chi connectivity index (χ0n) is 42.4. The molecule has 5 atom stereocenters. The quantitative estimate of drug-likeness (QED) is 0.0230. The van der Waals surface area contributed by atoms with Crippen molar-refractivity contribution in [3.63, 3.8) is 0 Å². The number of carbonyl (C=O) groups excluding carboxylic acids is 5. The molecule has 0 heterocycles. The van der Waals surface area contributed by atoms with Gasteiger partial charge in [0.1, 0.15) is 20.2 Å². The number of hydrogen-bond donors (Lipinski definition) is 9. The molecule has 5 unspecified atom stereocenters. The molecule has 0 aliphatic rings. The molecule has 4 amide bonds. The summed E-state index contributed by atoms with van der Waals surface area (Å²) in [5.41, 5.74) is 0.337. The van der Waals surface area contributed by atoms with Gasteiger partial charge in [-0.3, -0.25) is 24.0 Å². The highest BCUT2D eigenvalue weighted by Gasteiger charge is 2.30. The van der Waals surface area contributed by atoms with Crippen LogP contribution in [0, 0.1) is 5.41 Å². The lowest BCUT2D eigenvalue weighted by atomic mass is 9.88. The molecule has 0 bridgehead atoms. The molecule has 0 radical (unpaired) electrons. The Morgan fingerprint density at radius 1 is 0.549 bits per heavy atom. The summed E-state index contributed by atoms with van der Waals surface area (Å²) in [7, 11) is 0. The van der Waals surface area contributed by atoms with Gasteiger partial charge >= 0.3 is 0 Å². The number of nitrogens with one attached hydrogen (secondary N) is 4. The first-order chi connectivity index (χ1) is 33.9. The standard InChI is InChI=1S/C30H53N3O12.C19H33NO6/c1-5-27(37)31-21-43-17-24(36)9-12-40-18-30(8-4,19-41-13-10-25(15-34)44-22-32-28(38)6-2)20-42-14-11-26(16-35)45-23-33-29(39)7-3;1-14(2)18(23)8-7-16(21)12-25-9-5-6-10-26-13-17(22)11-20-19(24)15(3)4/h5-7,24-26,34-36H,1-3,8-23H2,4H3,(H,31,37)(H,32,38)(H,33,39);16-17,21-22H,1,3,5-13H2,2,4H3,(H,20,24). The first kappa shape index (κ1) is 68.8. The van der Waals surface area contributed by atoms with Crippen molar-refractivity contribution in [1.29, 1.82) is 0 Å². The molecule has 9 N–H and O–H groups in total. The molecule has 0 saturated heterocycles. The Balaban J connectivity index is 0. The fourth-order valence-electron chi connectivity index (χ4n) is 5.34. The van der Waals surface area contributed by atoms with E-state index in [1.807, 2.05) is 6.92 Å². The third-order valence-electron chi connectivity index (χ3n) is 10.0. The third-order valence-corrected chi connectivity index (χ3v) is 10.0. The molecular weight excluding hydrogens is 933 g/mol. The summed E-state index contributed by atoms with van der Waals surface area (Å²) in [4.78, 5) is 56.3. The van der Waals surface area contributed by atoms with Crippen LogP contribution < -0.4 is 21.3 Å². The molecule has 22 heteroatoms. The molecule has 71 heavy (non-hydrogen) atoms. The first-order valence-electron chi connectivity index (χ1n) is 23.7. The molecule has 410 valence electrons. The lowest BCUT2D eigenvalue weighted by Gasteiger charge is -2.32. The van der Waals surface area contributed by atoms with E-state index in [1.54, 1.807) is 13.8 Å². The molecule has 0 spiro atoms. The normalized spacial score (nSPS) is 13.9. The van der Waals surface area contributed by atoms with E-state index >= 15 is 0 Å². The van der Waals surface area contributed by atoms with Crippen LogP contribution in [0.5, 0.6) is 0 Å². The average molecular weight is 1020 g/mol. The maximum absolute atomic E-state index is 11.4. The molecule has 0 saturated carbocycles. The minimum atomic E-state index is -0.799. The number of Topliss-reactive ketones (excluding diaryl/α,β-unsaturated/α-hetero) is 1. The Labute approximate surface area is 420 Å². The van der Waals surface area contributed by atoms with Crippen LogP contribution in [-0.2, 0) is 61.9 Å². The summed E-state index contributed by atoms with van der Waals surface area (Å²) >= 11 is 0. The zero-order chi connectivity index (χ0) is 53.7. The van der Waals surface area contributed by atoms with Crippen molar-refractivity contribution >= 4 is 29.4 Å². The van der Waals surface area contributed by atoms with Crippen molar-refractivity contribution in [2.75, 3.05) is 113 Å². The van der Waals surface area contributed by atoms with Crippen molar-refractivity contribution in [3.05, 3.63) is 62.3 Å². The highest BCUT2D eigenvalue weighted by atomic mass is 16.5. The lowest BCUT2D eigenvalue weighted by molar-refractivity contribution is -0.120. The van der Waals surface area contributed by atoms with E-state index in [0.717, 1.165) is 31.1 Å². The highest BCUT2D eigenvalue weighted by Crippen LogP contribution is 2.25. The van der Waals surface area contributed by atoms with E-state index in [4.69, 9.17) is 37.9 Å². The molecular formula is C49H86N4O18. The number of unbranched alkanes of at least 4 members (excludes halogenated alkanes) is 1. The molecule has 0 aromatic carbocycles. The van der Waals surface area contributed by atoms with Gasteiger partial charge in [-0.25, -0.2) is 0 Å². The topological polar surface area (TPSA) is 308 Å². The van der Waals surface area contributed by atoms with Gasteiger partial charge in [-0.05, 0) is 82.6 Å². The average Bonchev–Trinajstić information content (AvgIpc) is 3.36. The van der Waals surface area contributed by atoms with Gasteiger partial charge in [0.2, 0.25) is 23.6 Å². The number of aliphatic hydroxyl groups is 5. The molecule has 0 aromatic heterocycles. The van der Waals surface area contributed by atoms with Crippen molar-refractivity contribution in [3.8, 4) is 0 Å². The Kier molecular flexibility index (Phi) is 44.2. The summed E-state index contributed by atoms with van der Waals surface area (Å²) in [6.07, 6.45) is 3.92. The summed E-state index contributed by atoms with van der Waals surface area (Å²) < 4.78 is 44.6. The van der Waals surface area contributed by atoms with E-state index in [2.05, 4.69) is 54.2 Å². The second-order valence-corrected chi connectivity index (χ2v) is 16.4. The second kappa shape index (κ2) is 45.6. The molecule has 0 aromatic rings. The van der Waals surface area contributed by atoms with Crippen LogP contribution in [-0.4, -0.2) is 198 Å². The van der Waals surface area contributed by atoms with Crippen LogP contribution in [0.3, 0.4) is 0 Å². The smallest absolute Gasteiger partial charge is 0.246 e. The van der Waals surface area contributed by atoms with Crippen molar-refractivity contribution in [2.24, 2.45) is 5.41 Å². The molecule has 22 nitrogen and oxygen atoms in total. The molecule has 0 rings (SSSR count). The summed E-state index contributed by atoms with van der Waals surface area (Å²) in [6.45, 7) is 24.7. The number of hydrogen-bond acceptors (Lipinski definition) is 18. The molecule has 0 aliphatic carbocycles. The number of rotatable bonds is 47. The van der Waals surface area contributed by atoms with Crippen LogP contribution in [0.1, 0.15) is 72.1 Å². The van der Waals surface area contributed by atoms with Gasteiger partial charge in [0.05, 0.1) is 83.4 Å². The van der Waals surface area contributed by atoms with Crippen molar-refractivity contribution in [2.45, 2.75) is 103 Å². The number of allylic oxidation sites excluding steroid dienone is 1. The van der Waals surface area contributed by atoms with Gasteiger partial charge in [-0.15, -0.1) is 0 Å². The van der Waals surface area contributed by atoms with E-state index in [0.29, 0.717) is 56.5 Å². The number of carbonyl (C=O) groups is 5. The van der Waals surface area contributed by atoms with Crippen LogP contribution in [0.15, 0.2) is 62.3 Å². The van der Waals surface area contributed by atoms with Gasteiger partial charge in [-0.1, -0.05) is 39.8 Å². The zero-order valence-corrected chi connectivity index (χ0v) is 42.4. The number of aliphatic hydroxyl groups excluding tert-OH is 5. The van der Waals surface area contributed by atoms with Gasteiger partial charge in [0, 0.05) is 57.0 Å². The summed E-state index contributed by atoms with van der Waals surface area (Å²) in [6, 6.07) is 0. The lowest BCUT2D eigenvalue weighted by Crippen LogP contribution is -2.38. The van der Waals surface area contributed by atoms with E-state index in [9.17, 15) is 49.5 Å². The maximum Gasteiger partial charge on any atom is 0.246 e. The monoisotopic (exact) mass is 1020 g/mol. The predicted molar refractivity (Wildman–Crippen MR) is 264 cm³/mol. The Bertz CT molecular complexity index is 1430. The predicted octanol–water partition coefficient (Wildman–Crippen LogP) is 0.654. The number of amides is 4. The van der Waals surface area contributed by atoms with Crippen LogP contribution in [0.2, 0.25) is 0 Å². The van der Waals surface area contributed by atoms with Crippen LogP contribution in [0.25, 0.3) is 0 Å². The second-order valence-electron chi connectivity index (χ2n) is 16.4. The minimum Gasteiger partial charge on any atom is -0.394 e. The van der Waals surface area contributed by atoms with Crippen molar-refractivity contribution < 1.29 is 87.4 Å². The Hall–Kier alpha value is -4.27. The number of ether oxygens (including phenoxy) is 8. The molecule has 0 aliphatic heterocycles. The van der Waals surface area contributed by atoms with Crippen LogP contribution in [0.4, 0.5) is 0 Å². The Morgan fingerprint density at radius 3 is 1.39 bits per heavy atom. The van der Waals surface area contributed by atoms with Gasteiger partial charge in [-0.2, -0.15) is 0 Å². The summed E-state index contributed by atoms with van der Waals surface area (Å²) in [5, 5.41) is 58.7. The highest BCUT2D eigenvalue weighted by molar-refractivity contribution is 5.94. The Morgan fingerprint density at radius 2 is 0.972 bits per heavy atom.